The molecule has 3 aromatic rings. The molecule has 0 bridgehead atoms. The van der Waals surface area contributed by atoms with E-state index in [0.717, 1.165) is 34.8 Å². The molecule has 4 heteroatoms. The van der Waals surface area contributed by atoms with Gasteiger partial charge in [-0.3, -0.25) is 0 Å². The molecular weight excluding hydrogens is 274 g/mol. The van der Waals surface area contributed by atoms with Gasteiger partial charge in [0.1, 0.15) is 11.3 Å². The Labute approximate surface area is 121 Å². The molecule has 0 radical (unpaired) electrons. The van der Waals surface area contributed by atoms with Crippen molar-refractivity contribution in [1.82, 2.24) is 5.32 Å². The molecular formula is C16H14ClNO2. The monoisotopic (exact) mass is 287 g/mol. The lowest BCUT2D eigenvalue weighted by atomic mass is 10.2. The van der Waals surface area contributed by atoms with Crippen molar-refractivity contribution in [3.63, 3.8) is 0 Å². The van der Waals surface area contributed by atoms with Gasteiger partial charge in [-0.2, -0.15) is 0 Å². The molecule has 4 rings (SSSR count). The van der Waals surface area contributed by atoms with Crippen LogP contribution < -0.4 is 5.32 Å². The van der Waals surface area contributed by atoms with Gasteiger partial charge in [-0.25, -0.2) is 0 Å². The molecule has 1 fully saturated rings. The Hall–Kier alpha value is -1.71. The Kier molecular flexibility index (Phi) is 2.83. The van der Waals surface area contributed by atoms with Crippen molar-refractivity contribution in [3.05, 3.63) is 47.2 Å². The Balaban J connectivity index is 1.60. The molecule has 2 aromatic heterocycles. The minimum absolute atomic E-state index is 0.678. The fourth-order valence-electron chi connectivity index (χ4n) is 2.27. The van der Waals surface area contributed by atoms with Crippen molar-refractivity contribution in [2.75, 3.05) is 0 Å². The van der Waals surface area contributed by atoms with Crippen LogP contribution in [0.4, 0.5) is 0 Å². The second-order valence-electron chi connectivity index (χ2n) is 5.21. The van der Waals surface area contributed by atoms with Gasteiger partial charge < -0.3 is 14.2 Å². The second-order valence-corrected chi connectivity index (χ2v) is 5.65. The standard InChI is InChI=1S/C16H14ClNO2/c17-11-1-5-14-10(7-11)8-16(20-14)15-6-4-13(19-15)9-18-12-2-3-12/h1,4-8,12,18H,2-3,9H2. The number of rotatable bonds is 4. The third-order valence-corrected chi connectivity index (χ3v) is 3.76. The van der Waals surface area contributed by atoms with E-state index in [2.05, 4.69) is 5.32 Å². The van der Waals surface area contributed by atoms with Crippen LogP contribution in [0.2, 0.25) is 5.02 Å². The highest BCUT2D eigenvalue weighted by atomic mass is 35.5. The first kappa shape index (κ1) is 12.1. The van der Waals surface area contributed by atoms with Gasteiger partial charge in [0.25, 0.3) is 0 Å². The van der Waals surface area contributed by atoms with E-state index in [4.69, 9.17) is 20.4 Å². The normalized spacial score (nSPS) is 15.1. The van der Waals surface area contributed by atoms with E-state index in [9.17, 15) is 0 Å². The van der Waals surface area contributed by atoms with Crippen molar-refractivity contribution < 1.29 is 8.83 Å². The highest BCUT2D eigenvalue weighted by Crippen LogP contribution is 2.30. The molecule has 1 aliphatic rings. The van der Waals surface area contributed by atoms with Crippen LogP contribution in [0.3, 0.4) is 0 Å². The Morgan fingerprint density at radius 3 is 2.80 bits per heavy atom. The van der Waals surface area contributed by atoms with Gasteiger partial charge in [0.05, 0.1) is 6.54 Å². The van der Waals surface area contributed by atoms with Gasteiger partial charge in [-0.1, -0.05) is 11.6 Å². The van der Waals surface area contributed by atoms with E-state index in [1.54, 1.807) is 0 Å². The van der Waals surface area contributed by atoms with E-state index in [1.807, 2.05) is 36.4 Å². The summed E-state index contributed by atoms with van der Waals surface area (Å²) < 4.78 is 11.6. The zero-order valence-electron chi connectivity index (χ0n) is 10.9. The molecule has 0 saturated heterocycles. The van der Waals surface area contributed by atoms with Crippen LogP contribution in [0, 0.1) is 0 Å². The number of hydrogen-bond donors (Lipinski definition) is 1. The van der Waals surface area contributed by atoms with Gasteiger partial charge in [-0.05, 0) is 49.2 Å². The number of nitrogens with one attached hydrogen (secondary N) is 1. The van der Waals surface area contributed by atoms with Gasteiger partial charge in [-0.15, -0.1) is 0 Å². The topological polar surface area (TPSA) is 38.3 Å². The van der Waals surface area contributed by atoms with Crippen LogP contribution in [-0.2, 0) is 6.54 Å². The molecule has 0 amide bonds. The van der Waals surface area contributed by atoms with Crippen LogP contribution >= 0.6 is 11.6 Å². The summed E-state index contributed by atoms with van der Waals surface area (Å²) in [6.07, 6.45) is 2.55. The number of fused-ring (bicyclic) bond motifs is 1. The van der Waals surface area contributed by atoms with Crippen molar-refractivity contribution in [2.45, 2.75) is 25.4 Å². The van der Waals surface area contributed by atoms with Gasteiger partial charge in [0.2, 0.25) is 0 Å². The Morgan fingerprint density at radius 2 is 1.95 bits per heavy atom. The second kappa shape index (κ2) is 4.69. The minimum Gasteiger partial charge on any atom is -0.456 e. The van der Waals surface area contributed by atoms with E-state index >= 15 is 0 Å². The van der Waals surface area contributed by atoms with Crippen LogP contribution in [0.15, 0.2) is 45.2 Å². The number of benzene rings is 1. The summed E-state index contributed by atoms with van der Waals surface area (Å²) in [7, 11) is 0. The van der Waals surface area contributed by atoms with E-state index in [1.165, 1.54) is 12.8 Å². The molecule has 20 heavy (non-hydrogen) atoms. The summed E-state index contributed by atoms with van der Waals surface area (Å²) in [5.41, 5.74) is 0.818. The van der Waals surface area contributed by atoms with E-state index in [0.29, 0.717) is 11.1 Å². The minimum atomic E-state index is 0.678. The quantitative estimate of drug-likeness (QED) is 0.762. The SMILES string of the molecule is Clc1ccc2oc(-c3ccc(CNC4CC4)o3)cc2c1. The van der Waals surface area contributed by atoms with Crippen molar-refractivity contribution in [3.8, 4) is 11.5 Å². The zero-order chi connectivity index (χ0) is 13.5. The largest absolute Gasteiger partial charge is 0.456 e. The maximum Gasteiger partial charge on any atom is 0.170 e. The third-order valence-electron chi connectivity index (χ3n) is 3.53. The Bertz CT molecular complexity index is 755. The first-order chi connectivity index (χ1) is 9.78. The molecule has 1 aromatic carbocycles. The number of halogens is 1. The van der Waals surface area contributed by atoms with E-state index in [-0.39, 0.29) is 0 Å². The summed E-state index contributed by atoms with van der Waals surface area (Å²) in [5.74, 6) is 2.43. The summed E-state index contributed by atoms with van der Waals surface area (Å²) in [6.45, 7) is 0.775. The summed E-state index contributed by atoms with van der Waals surface area (Å²) >= 11 is 5.98. The smallest absolute Gasteiger partial charge is 0.170 e. The molecule has 102 valence electrons. The predicted octanol–water partition coefficient (Wildman–Crippen LogP) is 4.60. The highest BCUT2D eigenvalue weighted by Gasteiger charge is 2.20. The van der Waals surface area contributed by atoms with Gasteiger partial charge in [0.15, 0.2) is 11.5 Å². The molecule has 1 N–H and O–H groups in total. The molecule has 1 aliphatic carbocycles. The summed E-state index contributed by atoms with van der Waals surface area (Å²) in [6, 6.07) is 12.2. The first-order valence-corrected chi connectivity index (χ1v) is 7.17. The van der Waals surface area contributed by atoms with Gasteiger partial charge in [0, 0.05) is 16.5 Å². The van der Waals surface area contributed by atoms with Crippen molar-refractivity contribution in [2.24, 2.45) is 0 Å². The van der Waals surface area contributed by atoms with E-state index < -0.39 is 0 Å². The maximum absolute atomic E-state index is 5.98. The Morgan fingerprint density at radius 1 is 1.05 bits per heavy atom. The van der Waals surface area contributed by atoms with Crippen molar-refractivity contribution in [1.29, 1.82) is 0 Å². The molecule has 0 aliphatic heterocycles. The van der Waals surface area contributed by atoms with Crippen molar-refractivity contribution >= 4 is 22.6 Å². The molecule has 2 heterocycles. The molecule has 0 atom stereocenters. The fourth-order valence-corrected chi connectivity index (χ4v) is 2.45. The summed E-state index contributed by atoms with van der Waals surface area (Å²) in [4.78, 5) is 0. The first-order valence-electron chi connectivity index (χ1n) is 6.79. The molecule has 0 spiro atoms. The lowest BCUT2D eigenvalue weighted by Gasteiger charge is -1.97. The third kappa shape index (κ3) is 2.35. The molecule has 0 unspecified atom stereocenters. The van der Waals surface area contributed by atoms with Crippen LogP contribution in [0.25, 0.3) is 22.5 Å². The predicted molar refractivity (Wildman–Crippen MR) is 78.8 cm³/mol. The number of furan rings is 2. The average molecular weight is 288 g/mol. The van der Waals surface area contributed by atoms with Crippen LogP contribution in [0.5, 0.6) is 0 Å². The van der Waals surface area contributed by atoms with Crippen LogP contribution in [0.1, 0.15) is 18.6 Å². The lowest BCUT2D eigenvalue weighted by Crippen LogP contribution is -2.14. The highest BCUT2D eigenvalue weighted by molar-refractivity contribution is 6.31. The average Bonchev–Trinajstić information content (AvgIpc) is 2.99. The number of hydrogen-bond acceptors (Lipinski definition) is 3. The van der Waals surface area contributed by atoms with Crippen LogP contribution in [-0.4, -0.2) is 6.04 Å². The lowest BCUT2D eigenvalue weighted by molar-refractivity contribution is 0.478. The molecule has 1 saturated carbocycles. The molecule has 3 nitrogen and oxygen atoms in total. The maximum atomic E-state index is 5.98. The van der Waals surface area contributed by atoms with Gasteiger partial charge >= 0.3 is 0 Å². The summed E-state index contributed by atoms with van der Waals surface area (Å²) in [5, 5.41) is 5.12. The zero-order valence-corrected chi connectivity index (χ0v) is 11.6. The fraction of sp³-hybridized carbons (Fsp3) is 0.250.